The first-order chi connectivity index (χ1) is 11.9. The maximum atomic E-state index is 11.4. The van der Waals surface area contributed by atoms with Gasteiger partial charge in [-0.15, -0.1) is 0 Å². The zero-order chi connectivity index (χ0) is 20.0. The van der Waals surface area contributed by atoms with E-state index >= 15 is 0 Å². The van der Waals surface area contributed by atoms with E-state index in [4.69, 9.17) is 0 Å². The molecule has 1 atom stereocenters. The Hall–Kier alpha value is -1.60. The van der Waals surface area contributed by atoms with Crippen LogP contribution in [0.4, 0.5) is 0 Å². The molecule has 1 rings (SSSR count). The lowest BCUT2D eigenvalue weighted by Gasteiger charge is -2.27. The van der Waals surface area contributed by atoms with Gasteiger partial charge >= 0.3 is 0 Å². The van der Waals surface area contributed by atoms with Crippen molar-refractivity contribution >= 4 is 16.0 Å². The SMILES string of the molecule is CN=C(NCC(C)(C)NS(C)(=O)=O)NC(C)c1ccc(CC(C)C)cc1. The number of guanidine groups is 1. The van der Waals surface area contributed by atoms with Crippen molar-refractivity contribution in [2.45, 2.75) is 52.6 Å². The second-order valence-electron chi connectivity index (χ2n) is 7.89. The molecule has 148 valence electrons. The highest BCUT2D eigenvalue weighted by molar-refractivity contribution is 7.88. The van der Waals surface area contributed by atoms with Crippen molar-refractivity contribution in [3.8, 4) is 0 Å². The monoisotopic (exact) mass is 382 g/mol. The largest absolute Gasteiger partial charge is 0.355 e. The van der Waals surface area contributed by atoms with Crippen molar-refractivity contribution in [3.63, 3.8) is 0 Å². The fourth-order valence-electron chi connectivity index (χ4n) is 2.74. The van der Waals surface area contributed by atoms with Crippen molar-refractivity contribution in [2.75, 3.05) is 19.8 Å². The molecule has 6 nitrogen and oxygen atoms in total. The fourth-order valence-corrected chi connectivity index (χ4v) is 3.82. The summed E-state index contributed by atoms with van der Waals surface area (Å²) in [5.74, 6) is 1.27. The van der Waals surface area contributed by atoms with E-state index in [1.54, 1.807) is 7.05 Å². The molecule has 1 aromatic carbocycles. The second-order valence-corrected chi connectivity index (χ2v) is 9.64. The predicted octanol–water partition coefficient (Wildman–Crippen LogP) is 2.44. The van der Waals surface area contributed by atoms with Crippen LogP contribution in [-0.2, 0) is 16.4 Å². The average molecular weight is 383 g/mol. The summed E-state index contributed by atoms with van der Waals surface area (Å²) in [5.41, 5.74) is 1.90. The molecule has 1 aromatic rings. The van der Waals surface area contributed by atoms with Gasteiger partial charge in [-0.1, -0.05) is 38.1 Å². The van der Waals surface area contributed by atoms with Gasteiger partial charge in [0.2, 0.25) is 10.0 Å². The van der Waals surface area contributed by atoms with Crippen LogP contribution in [0.25, 0.3) is 0 Å². The van der Waals surface area contributed by atoms with Crippen LogP contribution in [0.3, 0.4) is 0 Å². The summed E-state index contributed by atoms with van der Waals surface area (Å²) in [4.78, 5) is 4.23. The molecule has 0 aliphatic rings. The van der Waals surface area contributed by atoms with Gasteiger partial charge in [0.15, 0.2) is 5.96 Å². The molecule has 0 saturated carbocycles. The van der Waals surface area contributed by atoms with Gasteiger partial charge < -0.3 is 10.6 Å². The molecule has 26 heavy (non-hydrogen) atoms. The van der Waals surface area contributed by atoms with Crippen LogP contribution in [0.2, 0.25) is 0 Å². The summed E-state index contributed by atoms with van der Waals surface area (Å²) in [6.45, 7) is 10.6. The fraction of sp³-hybridized carbons (Fsp3) is 0.632. The van der Waals surface area contributed by atoms with Gasteiger partial charge in [-0.05, 0) is 44.2 Å². The third kappa shape index (κ3) is 8.67. The molecule has 0 bridgehead atoms. The lowest BCUT2D eigenvalue weighted by Crippen LogP contribution is -2.53. The van der Waals surface area contributed by atoms with E-state index < -0.39 is 15.6 Å². The molecule has 0 aromatic heterocycles. The van der Waals surface area contributed by atoms with E-state index in [2.05, 4.69) is 65.4 Å². The Labute approximate surface area is 158 Å². The van der Waals surface area contributed by atoms with E-state index in [-0.39, 0.29) is 6.04 Å². The number of hydrogen-bond acceptors (Lipinski definition) is 3. The molecule has 0 heterocycles. The molecule has 7 heteroatoms. The first-order valence-corrected chi connectivity index (χ1v) is 10.9. The minimum absolute atomic E-state index is 0.0836. The number of rotatable bonds is 8. The van der Waals surface area contributed by atoms with Crippen LogP contribution in [-0.4, -0.2) is 39.8 Å². The van der Waals surface area contributed by atoms with Gasteiger partial charge in [-0.3, -0.25) is 4.99 Å². The van der Waals surface area contributed by atoms with Gasteiger partial charge in [0.25, 0.3) is 0 Å². The number of nitrogens with one attached hydrogen (secondary N) is 3. The third-order valence-corrected chi connectivity index (χ3v) is 4.78. The molecule has 0 amide bonds. The highest BCUT2D eigenvalue weighted by Gasteiger charge is 2.22. The van der Waals surface area contributed by atoms with Gasteiger partial charge in [0.1, 0.15) is 0 Å². The molecule has 3 N–H and O–H groups in total. The Balaban J connectivity index is 2.64. The van der Waals surface area contributed by atoms with E-state index in [0.717, 1.165) is 12.7 Å². The summed E-state index contributed by atoms with van der Waals surface area (Å²) in [6.07, 6.45) is 2.24. The normalized spacial score (nSPS) is 14.4. The van der Waals surface area contributed by atoms with E-state index in [0.29, 0.717) is 18.4 Å². The van der Waals surface area contributed by atoms with Crippen molar-refractivity contribution < 1.29 is 8.42 Å². The Morgan fingerprint density at radius 2 is 1.73 bits per heavy atom. The summed E-state index contributed by atoms with van der Waals surface area (Å²) < 4.78 is 25.5. The van der Waals surface area contributed by atoms with Crippen LogP contribution in [0.5, 0.6) is 0 Å². The highest BCUT2D eigenvalue weighted by atomic mass is 32.2. The topological polar surface area (TPSA) is 82.6 Å². The maximum Gasteiger partial charge on any atom is 0.209 e. The summed E-state index contributed by atoms with van der Waals surface area (Å²) in [7, 11) is -1.57. The standard InChI is InChI=1S/C19H34N4O2S/c1-14(2)12-16-8-10-17(11-9-16)15(3)22-18(20-6)21-13-19(4,5)23-26(7,24)25/h8-11,14-15,23H,12-13H2,1-7H3,(H2,20,21,22). The first kappa shape index (κ1) is 22.4. The Kier molecular flexibility index (Phi) is 8.09. The second kappa shape index (κ2) is 9.37. The molecule has 0 radical (unpaired) electrons. The van der Waals surface area contributed by atoms with Gasteiger partial charge in [-0.25, -0.2) is 13.1 Å². The highest BCUT2D eigenvalue weighted by Crippen LogP contribution is 2.15. The Morgan fingerprint density at radius 1 is 1.15 bits per heavy atom. The molecule has 0 spiro atoms. The van der Waals surface area contributed by atoms with Crippen molar-refractivity contribution in [1.29, 1.82) is 0 Å². The van der Waals surface area contributed by atoms with Gasteiger partial charge in [0.05, 0.1) is 12.3 Å². The van der Waals surface area contributed by atoms with Crippen LogP contribution in [0.1, 0.15) is 51.8 Å². The minimum atomic E-state index is -3.27. The molecule has 0 fully saturated rings. The number of aliphatic imine (C=N–C) groups is 1. The lowest BCUT2D eigenvalue weighted by atomic mass is 10.00. The Bertz CT molecular complexity index is 695. The van der Waals surface area contributed by atoms with E-state index in [9.17, 15) is 8.42 Å². The molecular weight excluding hydrogens is 348 g/mol. The van der Waals surface area contributed by atoms with Crippen molar-refractivity contribution in [2.24, 2.45) is 10.9 Å². The van der Waals surface area contributed by atoms with Crippen LogP contribution < -0.4 is 15.4 Å². The van der Waals surface area contributed by atoms with E-state index in [1.165, 1.54) is 11.1 Å². The predicted molar refractivity (Wildman–Crippen MR) is 110 cm³/mol. The maximum absolute atomic E-state index is 11.4. The number of nitrogens with zero attached hydrogens (tertiary/aromatic N) is 1. The third-order valence-electron chi connectivity index (χ3n) is 3.86. The first-order valence-electron chi connectivity index (χ1n) is 8.97. The van der Waals surface area contributed by atoms with Gasteiger partial charge in [-0.2, -0.15) is 0 Å². The van der Waals surface area contributed by atoms with Crippen LogP contribution >= 0.6 is 0 Å². The number of sulfonamides is 1. The molecular formula is C19H34N4O2S. The zero-order valence-electron chi connectivity index (χ0n) is 17.1. The summed E-state index contributed by atoms with van der Waals surface area (Å²) in [6, 6.07) is 8.70. The molecule has 1 unspecified atom stereocenters. The minimum Gasteiger partial charge on any atom is -0.355 e. The van der Waals surface area contributed by atoms with E-state index in [1.807, 2.05) is 13.8 Å². The van der Waals surface area contributed by atoms with Crippen LogP contribution in [0.15, 0.2) is 29.3 Å². The van der Waals surface area contributed by atoms with Crippen molar-refractivity contribution in [1.82, 2.24) is 15.4 Å². The molecule has 0 aliphatic carbocycles. The lowest BCUT2D eigenvalue weighted by molar-refractivity contribution is 0.445. The molecule has 0 aliphatic heterocycles. The van der Waals surface area contributed by atoms with Crippen LogP contribution in [0, 0.1) is 5.92 Å². The van der Waals surface area contributed by atoms with Crippen molar-refractivity contribution in [3.05, 3.63) is 35.4 Å². The molecule has 0 saturated heterocycles. The number of benzene rings is 1. The number of hydrogen-bond donors (Lipinski definition) is 3. The smallest absolute Gasteiger partial charge is 0.209 e. The Morgan fingerprint density at radius 3 is 2.19 bits per heavy atom. The zero-order valence-corrected chi connectivity index (χ0v) is 17.9. The summed E-state index contributed by atoms with van der Waals surface area (Å²) >= 11 is 0. The van der Waals surface area contributed by atoms with Gasteiger partial charge in [0, 0.05) is 19.1 Å². The average Bonchev–Trinajstić information content (AvgIpc) is 2.49. The summed E-state index contributed by atoms with van der Waals surface area (Å²) in [5, 5.41) is 6.52. The quantitative estimate of drug-likeness (QED) is 0.476.